The molecule has 0 aliphatic carbocycles. The molecule has 2 unspecified atom stereocenters. The molecule has 1 aliphatic heterocycles. The van der Waals surface area contributed by atoms with Gasteiger partial charge in [-0.2, -0.15) is 4.31 Å². The summed E-state index contributed by atoms with van der Waals surface area (Å²) >= 11 is 0. The number of anilines is 1. The SMILES string of the molecule is CC1CC(C)N(S(=O)(=O)Cc2cccc(N)c2)C1. The molecule has 2 rings (SSSR count). The standard InChI is InChI=1S/C13H20N2O2S/c1-10-6-11(2)15(8-10)18(16,17)9-12-4-3-5-13(14)7-12/h3-5,7,10-11H,6,8-9,14H2,1-2H3. The predicted molar refractivity (Wildman–Crippen MR) is 73.4 cm³/mol. The van der Waals surface area contributed by atoms with Gasteiger partial charge in [0.15, 0.2) is 0 Å². The number of sulfonamides is 1. The van der Waals surface area contributed by atoms with E-state index >= 15 is 0 Å². The second-order valence-electron chi connectivity index (χ2n) is 5.26. The summed E-state index contributed by atoms with van der Waals surface area (Å²) in [5.41, 5.74) is 7.03. The quantitative estimate of drug-likeness (QED) is 0.851. The Labute approximate surface area is 109 Å². The molecule has 0 aromatic heterocycles. The molecule has 1 fully saturated rings. The van der Waals surface area contributed by atoms with Crippen molar-refractivity contribution in [2.75, 3.05) is 12.3 Å². The zero-order chi connectivity index (χ0) is 13.3. The second kappa shape index (κ2) is 4.90. The molecule has 2 atom stereocenters. The number of nitrogen functional groups attached to an aromatic ring is 1. The van der Waals surface area contributed by atoms with Gasteiger partial charge in [0.2, 0.25) is 10.0 Å². The van der Waals surface area contributed by atoms with Crippen LogP contribution in [0.2, 0.25) is 0 Å². The largest absolute Gasteiger partial charge is 0.399 e. The Balaban J connectivity index is 2.17. The predicted octanol–water partition coefficient (Wildman–Crippen LogP) is 1.83. The highest BCUT2D eigenvalue weighted by atomic mass is 32.2. The van der Waals surface area contributed by atoms with E-state index in [4.69, 9.17) is 5.73 Å². The first-order valence-corrected chi connectivity index (χ1v) is 7.83. The van der Waals surface area contributed by atoms with Crippen molar-refractivity contribution in [1.82, 2.24) is 4.31 Å². The Bertz CT molecular complexity index is 528. The molecule has 1 saturated heterocycles. The fourth-order valence-corrected chi connectivity index (χ4v) is 4.51. The van der Waals surface area contributed by atoms with Crippen molar-refractivity contribution < 1.29 is 8.42 Å². The van der Waals surface area contributed by atoms with Gasteiger partial charge in [0.25, 0.3) is 0 Å². The summed E-state index contributed by atoms with van der Waals surface area (Å²) in [7, 11) is -3.23. The van der Waals surface area contributed by atoms with E-state index in [1.54, 1.807) is 28.6 Å². The monoisotopic (exact) mass is 268 g/mol. The lowest BCUT2D eigenvalue weighted by Gasteiger charge is -2.21. The number of nitrogens with two attached hydrogens (primary N) is 1. The molecular formula is C13H20N2O2S. The maximum absolute atomic E-state index is 12.4. The van der Waals surface area contributed by atoms with Crippen LogP contribution in [0.3, 0.4) is 0 Å². The topological polar surface area (TPSA) is 63.4 Å². The van der Waals surface area contributed by atoms with E-state index in [0.29, 0.717) is 18.2 Å². The highest BCUT2D eigenvalue weighted by Crippen LogP contribution is 2.27. The summed E-state index contributed by atoms with van der Waals surface area (Å²) in [6.45, 7) is 4.69. The minimum atomic E-state index is -3.23. The number of benzene rings is 1. The van der Waals surface area contributed by atoms with Crippen molar-refractivity contribution in [3.05, 3.63) is 29.8 Å². The summed E-state index contributed by atoms with van der Waals surface area (Å²) < 4.78 is 26.3. The average Bonchev–Trinajstić information content (AvgIpc) is 2.58. The van der Waals surface area contributed by atoms with E-state index in [-0.39, 0.29) is 11.8 Å². The summed E-state index contributed by atoms with van der Waals surface area (Å²) in [6.07, 6.45) is 0.941. The summed E-state index contributed by atoms with van der Waals surface area (Å²) in [6, 6.07) is 7.18. The number of hydrogen-bond donors (Lipinski definition) is 1. The van der Waals surface area contributed by atoms with Gasteiger partial charge in [0.1, 0.15) is 0 Å². The van der Waals surface area contributed by atoms with E-state index in [9.17, 15) is 8.42 Å². The second-order valence-corrected chi connectivity index (χ2v) is 7.18. The van der Waals surface area contributed by atoms with Crippen molar-refractivity contribution in [2.24, 2.45) is 5.92 Å². The van der Waals surface area contributed by atoms with Crippen LogP contribution in [-0.2, 0) is 15.8 Å². The van der Waals surface area contributed by atoms with Gasteiger partial charge in [-0.1, -0.05) is 19.1 Å². The van der Waals surface area contributed by atoms with E-state index in [1.165, 1.54) is 0 Å². The van der Waals surface area contributed by atoms with Gasteiger partial charge in [-0.25, -0.2) is 8.42 Å². The molecule has 18 heavy (non-hydrogen) atoms. The maximum atomic E-state index is 12.4. The Morgan fingerprint density at radius 2 is 2.11 bits per heavy atom. The van der Waals surface area contributed by atoms with E-state index < -0.39 is 10.0 Å². The highest BCUT2D eigenvalue weighted by Gasteiger charge is 2.34. The molecule has 0 saturated carbocycles. The minimum Gasteiger partial charge on any atom is -0.399 e. The Morgan fingerprint density at radius 3 is 2.67 bits per heavy atom. The maximum Gasteiger partial charge on any atom is 0.218 e. The smallest absolute Gasteiger partial charge is 0.218 e. The van der Waals surface area contributed by atoms with Crippen molar-refractivity contribution >= 4 is 15.7 Å². The van der Waals surface area contributed by atoms with Crippen LogP contribution in [0.25, 0.3) is 0 Å². The molecule has 0 spiro atoms. The van der Waals surface area contributed by atoms with Crippen LogP contribution in [0, 0.1) is 5.92 Å². The Kier molecular flexibility index (Phi) is 3.64. The average molecular weight is 268 g/mol. The van der Waals surface area contributed by atoms with Gasteiger partial charge < -0.3 is 5.73 Å². The van der Waals surface area contributed by atoms with Crippen LogP contribution in [0.15, 0.2) is 24.3 Å². The van der Waals surface area contributed by atoms with Gasteiger partial charge in [-0.15, -0.1) is 0 Å². The summed E-state index contributed by atoms with van der Waals surface area (Å²) in [5, 5.41) is 0. The van der Waals surface area contributed by atoms with E-state index in [0.717, 1.165) is 12.0 Å². The van der Waals surface area contributed by atoms with Crippen LogP contribution >= 0.6 is 0 Å². The first-order chi connectivity index (χ1) is 8.38. The molecule has 5 heteroatoms. The zero-order valence-electron chi connectivity index (χ0n) is 10.8. The third kappa shape index (κ3) is 2.84. The fraction of sp³-hybridized carbons (Fsp3) is 0.538. The molecule has 1 aromatic carbocycles. The molecule has 0 radical (unpaired) electrons. The van der Waals surface area contributed by atoms with Crippen molar-refractivity contribution in [2.45, 2.75) is 32.1 Å². The molecule has 0 bridgehead atoms. The molecule has 0 amide bonds. The van der Waals surface area contributed by atoms with Gasteiger partial charge in [0.05, 0.1) is 5.75 Å². The normalized spacial score (nSPS) is 25.4. The third-order valence-corrected chi connectivity index (χ3v) is 5.31. The van der Waals surface area contributed by atoms with Gasteiger partial charge in [-0.05, 0) is 37.0 Å². The first kappa shape index (κ1) is 13.4. The number of hydrogen-bond acceptors (Lipinski definition) is 3. The third-order valence-electron chi connectivity index (χ3n) is 3.38. The lowest BCUT2D eigenvalue weighted by Crippen LogP contribution is -2.34. The Hall–Kier alpha value is -1.07. The summed E-state index contributed by atoms with van der Waals surface area (Å²) in [4.78, 5) is 0. The molecule has 100 valence electrons. The molecule has 4 nitrogen and oxygen atoms in total. The molecule has 1 aliphatic rings. The van der Waals surface area contributed by atoms with Gasteiger partial charge in [-0.3, -0.25) is 0 Å². The van der Waals surface area contributed by atoms with Crippen LogP contribution in [-0.4, -0.2) is 25.3 Å². The Morgan fingerprint density at radius 1 is 1.39 bits per heavy atom. The lowest BCUT2D eigenvalue weighted by molar-refractivity contribution is 0.405. The van der Waals surface area contributed by atoms with Crippen molar-refractivity contribution in [1.29, 1.82) is 0 Å². The minimum absolute atomic E-state index is 0.0368. The van der Waals surface area contributed by atoms with Crippen LogP contribution < -0.4 is 5.73 Å². The van der Waals surface area contributed by atoms with Crippen LogP contribution in [0.5, 0.6) is 0 Å². The summed E-state index contributed by atoms with van der Waals surface area (Å²) in [5.74, 6) is 0.477. The van der Waals surface area contributed by atoms with Crippen LogP contribution in [0.4, 0.5) is 5.69 Å². The number of nitrogens with zero attached hydrogens (tertiary/aromatic N) is 1. The lowest BCUT2D eigenvalue weighted by atomic mass is 10.1. The van der Waals surface area contributed by atoms with Crippen molar-refractivity contribution in [3.63, 3.8) is 0 Å². The first-order valence-electron chi connectivity index (χ1n) is 6.22. The van der Waals surface area contributed by atoms with Crippen LogP contribution in [0.1, 0.15) is 25.8 Å². The number of rotatable bonds is 3. The molecular weight excluding hydrogens is 248 g/mol. The van der Waals surface area contributed by atoms with Gasteiger partial charge in [0, 0.05) is 18.3 Å². The highest BCUT2D eigenvalue weighted by molar-refractivity contribution is 7.88. The zero-order valence-corrected chi connectivity index (χ0v) is 11.7. The molecule has 1 aromatic rings. The van der Waals surface area contributed by atoms with E-state index in [2.05, 4.69) is 6.92 Å². The molecule has 2 N–H and O–H groups in total. The van der Waals surface area contributed by atoms with Gasteiger partial charge >= 0.3 is 0 Å². The van der Waals surface area contributed by atoms with E-state index in [1.807, 2.05) is 6.92 Å². The fourth-order valence-electron chi connectivity index (χ4n) is 2.63. The van der Waals surface area contributed by atoms with Crippen molar-refractivity contribution in [3.8, 4) is 0 Å². The molecule has 1 heterocycles.